The zero-order valence-corrected chi connectivity index (χ0v) is 8.95. The Kier molecular flexibility index (Phi) is 2.08. The second-order valence-corrected chi connectivity index (χ2v) is 4.10. The molecule has 1 saturated carbocycles. The van der Waals surface area contributed by atoms with E-state index in [-0.39, 0.29) is 11.8 Å². The Labute approximate surface area is 96.3 Å². The van der Waals surface area contributed by atoms with Crippen LogP contribution in [0.4, 0.5) is 5.82 Å². The summed E-state index contributed by atoms with van der Waals surface area (Å²) in [6.45, 7) is 0. The summed E-state index contributed by atoms with van der Waals surface area (Å²) in [6.07, 6.45) is 2.88. The van der Waals surface area contributed by atoms with E-state index < -0.39 is 6.10 Å². The number of hydrogen-bond acceptors (Lipinski definition) is 6. The molecule has 0 aliphatic heterocycles. The highest BCUT2D eigenvalue weighted by atomic mass is 16.3. The first-order valence-corrected chi connectivity index (χ1v) is 5.32. The lowest BCUT2D eigenvalue weighted by molar-refractivity contribution is -0.125. The molecule has 2 atom stereocenters. The molecule has 0 aromatic carbocycles. The number of fused-ring (bicyclic) bond motifs is 1. The lowest BCUT2D eigenvalue weighted by atomic mass is 10.2. The third kappa shape index (κ3) is 1.39. The number of nitrogens with zero attached hydrogens (tertiary/aromatic N) is 4. The van der Waals surface area contributed by atoms with E-state index in [1.54, 1.807) is 10.9 Å². The number of anilines is 1. The van der Waals surface area contributed by atoms with Crippen LogP contribution in [0.15, 0.2) is 12.7 Å². The summed E-state index contributed by atoms with van der Waals surface area (Å²) in [6, 6.07) is -0.304. The number of aromatic nitrogens is 4. The molecule has 0 amide bonds. The van der Waals surface area contributed by atoms with Crippen molar-refractivity contribution in [3.8, 4) is 0 Å². The Balaban J connectivity index is 2.13. The number of nitrogens with two attached hydrogens (primary N) is 1. The molecular formula is C10H11N5O2. The zero-order valence-electron chi connectivity index (χ0n) is 8.95. The molecule has 0 radical (unpaired) electrons. The number of carbonyl (C=O) groups is 1. The van der Waals surface area contributed by atoms with Crippen LogP contribution in [-0.4, -0.2) is 36.5 Å². The quantitative estimate of drug-likeness (QED) is 0.698. The van der Waals surface area contributed by atoms with Gasteiger partial charge in [0.05, 0.1) is 12.4 Å². The molecule has 0 unspecified atom stereocenters. The molecule has 7 heteroatoms. The molecule has 17 heavy (non-hydrogen) atoms. The van der Waals surface area contributed by atoms with Gasteiger partial charge in [-0.1, -0.05) is 0 Å². The fraction of sp³-hybridized carbons (Fsp3) is 0.400. The summed E-state index contributed by atoms with van der Waals surface area (Å²) >= 11 is 0. The minimum Gasteiger partial charge on any atom is -0.383 e. The lowest BCUT2D eigenvalue weighted by Gasteiger charge is -2.15. The Morgan fingerprint density at radius 2 is 2.24 bits per heavy atom. The summed E-state index contributed by atoms with van der Waals surface area (Å²) in [5, 5.41) is 9.79. The summed E-state index contributed by atoms with van der Waals surface area (Å²) in [4.78, 5) is 23.4. The molecule has 2 heterocycles. The van der Waals surface area contributed by atoms with Gasteiger partial charge in [0.15, 0.2) is 17.2 Å². The number of Topliss-reactive ketones (excluding diaryl/α,β-unsaturated/α-hetero) is 1. The fourth-order valence-electron chi connectivity index (χ4n) is 2.21. The van der Waals surface area contributed by atoms with E-state index in [0.29, 0.717) is 29.8 Å². The number of hydrogen-bond donors (Lipinski definition) is 2. The smallest absolute Gasteiger partial charge is 0.165 e. The minimum absolute atomic E-state index is 0.140. The maximum absolute atomic E-state index is 11.3. The third-order valence-electron chi connectivity index (χ3n) is 3.13. The van der Waals surface area contributed by atoms with Crippen LogP contribution < -0.4 is 5.73 Å². The van der Waals surface area contributed by atoms with Gasteiger partial charge in [0.1, 0.15) is 17.9 Å². The van der Waals surface area contributed by atoms with Crippen LogP contribution in [0, 0.1) is 0 Å². The van der Waals surface area contributed by atoms with Crippen molar-refractivity contribution >= 4 is 22.8 Å². The minimum atomic E-state index is -0.983. The van der Waals surface area contributed by atoms with Gasteiger partial charge in [-0.2, -0.15) is 0 Å². The summed E-state index contributed by atoms with van der Waals surface area (Å²) in [7, 11) is 0. The Hall–Kier alpha value is -2.02. The molecule has 3 rings (SSSR count). The first kappa shape index (κ1) is 10.2. The summed E-state index contributed by atoms with van der Waals surface area (Å²) in [5.74, 6) is 0.159. The second-order valence-electron chi connectivity index (χ2n) is 4.10. The van der Waals surface area contributed by atoms with E-state index in [1.807, 2.05) is 0 Å². The molecule has 3 N–H and O–H groups in total. The number of aliphatic hydroxyl groups is 1. The second kappa shape index (κ2) is 3.49. The topological polar surface area (TPSA) is 107 Å². The Morgan fingerprint density at radius 3 is 2.94 bits per heavy atom. The number of nitrogen functional groups attached to an aromatic ring is 1. The number of aliphatic hydroxyl groups excluding tert-OH is 1. The van der Waals surface area contributed by atoms with Crippen molar-refractivity contribution in [3.05, 3.63) is 12.7 Å². The predicted molar refractivity (Wildman–Crippen MR) is 59.0 cm³/mol. The molecule has 0 saturated heterocycles. The van der Waals surface area contributed by atoms with Gasteiger partial charge < -0.3 is 15.4 Å². The predicted octanol–water partition coefficient (Wildman–Crippen LogP) is -0.327. The lowest BCUT2D eigenvalue weighted by Crippen LogP contribution is -2.23. The van der Waals surface area contributed by atoms with Gasteiger partial charge in [-0.3, -0.25) is 4.79 Å². The van der Waals surface area contributed by atoms with Gasteiger partial charge in [-0.25, -0.2) is 15.0 Å². The third-order valence-corrected chi connectivity index (χ3v) is 3.13. The molecule has 0 bridgehead atoms. The van der Waals surface area contributed by atoms with Gasteiger partial charge in [0.25, 0.3) is 0 Å². The average Bonchev–Trinajstić information content (AvgIpc) is 2.86. The number of imidazole rings is 1. The highest BCUT2D eigenvalue weighted by Crippen LogP contribution is 2.30. The molecule has 2 aromatic rings. The van der Waals surface area contributed by atoms with Gasteiger partial charge in [0.2, 0.25) is 0 Å². The SMILES string of the molecule is Nc1ncnc2c1ncn2[C@@H]1CCC(=O)[C@H]1O. The normalized spacial score (nSPS) is 24.6. The molecular weight excluding hydrogens is 222 g/mol. The molecule has 7 nitrogen and oxygen atoms in total. The van der Waals surface area contributed by atoms with Crippen LogP contribution in [0.1, 0.15) is 18.9 Å². The maximum atomic E-state index is 11.3. The molecule has 1 fully saturated rings. The molecule has 1 aliphatic carbocycles. The van der Waals surface area contributed by atoms with Gasteiger partial charge in [0, 0.05) is 6.42 Å². The van der Waals surface area contributed by atoms with Gasteiger partial charge in [-0.05, 0) is 6.42 Å². The van der Waals surface area contributed by atoms with E-state index >= 15 is 0 Å². The van der Waals surface area contributed by atoms with Crippen LogP contribution >= 0.6 is 0 Å². The molecule has 1 aliphatic rings. The zero-order chi connectivity index (χ0) is 12.0. The van der Waals surface area contributed by atoms with Crippen molar-refractivity contribution in [1.82, 2.24) is 19.5 Å². The van der Waals surface area contributed by atoms with E-state index in [0.717, 1.165) is 0 Å². The van der Waals surface area contributed by atoms with Crippen molar-refractivity contribution < 1.29 is 9.90 Å². The van der Waals surface area contributed by atoms with Crippen molar-refractivity contribution in [2.24, 2.45) is 0 Å². The van der Waals surface area contributed by atoms with Crippen LogP contribution in [0.25, 0.3) is 11.2 Å². The van der Waals surface area contributed by atoms with Crippen LogP contribution in [0.5, 0.6) is 0 Å². The Morgan fingerprint density at radius 1 is 1.41 bits per heavy atom. The standard InChI is InChI=1S/C10H11N5O2/c11-9-7-10(13-3-12-9)15(4-14-7)5-1-2-6(16)8(5)17/h3-5,8,17H,1-2H2,(H2,11,12,13)/t5-,8+/m1/s1. The molecule has 2 aromatic heterocycles. The highest BCUT2D eigenvalue weighted by molar-refractivity contribution is 5.86. The van der Waals surface area contributed by atoms with Crippen molar-refractivity contribution in [3.63, 3.8) is 0 Å². The number of rotatable bonds is 1. The van der Waals surface area contributed by atoms with Crippen molar-refractivity contribution in [2.45, 2.75) is 25.0 Å². The van der Waals surface area contributed by atoms with Gasteiger partial charge >= 0.3 is 0 Å². The van der Waals surface area contributed by atoms with E-state index in [4.69, 9.17) is 5.73 Å². The average molecular weight is 233 g/mol. The highest BCUT2D eigenvalue weighted by Gasteiger charge is 2.35. The molecule has 88 valence electrons. The fourth-order valence-corrected chi connectivity index (χ4v) is 2.21. The molecule has 0 spiro atoms. The van der Waals surface area contributed by atoms with E-state index in [1.165, 1.54) is 6.33 Å². The van der Waals surface area contributed by atoms with Crippen LogP contribution in [-0.2, 0) is 4.79 Å². The Bertz CT molecular complexity index is 593. The van der Waals surface area contributed by atoms with Crippen molar-refractivity contribution in [2.75, 3.05) is 5.73 Å². The van der Waals surface area contributed by atoms with E-state index in [9.17, 15) is 9.90 Å². The number of carbonyl (C=O) groups excluding carboxylic acids is 1. The summed E-state index contributed by atoms with van der Waals surface area (Å²) in [5.41, 5.74) is 6.72. The maximum Gasteiger partial charge on any atom is 0.165 e. The largest absolute Gasteiger partial charge is 0.383 e. The van der Waals surface area contributed by atoms with Crippen LogP contribution in [0.2, 0.25) is 0 Å². The summed E-state index contributed by atoms with van der Waals surface area (Å²) < 4.78 is 1.70. The van der Waals surface area contributed by atoms with Gasteiger partial charge in [-0.15, -0.1) is 0 Å². The first-order chi connectivity index (χ1) is 8.18. The van der Waals surface area contributed by atoms with Crippen LogP contribution in [0.3, 0.4) is 0 Å². The number of ketones is 1. The van der Waals surface area contributed by atoms with E-state index in [2.05, 4.69) is 15.0 Å². The first-order valence-electron chi connectivity index (χ1n) is 5.32. The monoisotopic (exact) mass is 233 g/mol. The van der Waals surface area contributed by atoms with Crippen molar-refractivity contribution in [1.29, 1.82) is 0 Å².